The van der Waals surface area contributed by atoms with E-state index < -0.39 is 6.29 Å². The number of aromatic nitrogens is 3. The summed E-state index contributed by atoms with van der Waals surface area (Å²) >= 11 is 1.62. The first kappa shape index (κ1) is 32.5. The molecular weight excluding hydrogens is 611 g/mol. The van der Waals surface area contributed by atoms with Gasteiger partial charge in [0.05, 0.1) is 18.8 Å². The van der Waals surface area contributed by atoms with Crippen LogP contribution in [0.15, 0.2) is 115 Å². The second-order valence-corrected chi connectivity index (χ2v) is 12.7. The minimum atomic E-state index is -0.558. The SMILES string of the molecule is CC1C(CSc2nncn2C)OC(c2ccc(-c3cccc(CNC(=O)NCc4ccccc4)c3)cc2)OC1c1ccc(CO)cc1. The normalized spacial score (nSPS) is 19.3. The molecule has 0 bridgehead atoms. The van der Waals surface area contributed by atoms with Crippen molar-refractivity contribution in [3.05, 3.63) is 137 Å². The van der Waals surface area contributed by atoms with Crippen molar-refractivity contribution in [3.63, 3.8) is 0 Å². The average Bonchev–Trinajstić information content (AvgIpc) is 3.54. The van der Waals surface area contributed by atoms with Crippen molar-refractivity contribution in [2.45, 2.75) is 50.3 Å². The van der Waals surface area contributed by atoms with Crippen LogP contribution in [0.1, 0.15) is 47.1 Å². The van der Waals surface area contributed by atoms with Gasteiger partial charge in [0, 0.05) is 37.4 Å². The summed E-state index contributed by atoms with van der Waals surface area (Å²) in [6, 6.07) is 34.0. The third-order valence-electron chi connectivity index (χ3n) is 8.36. The molecule has 3 N–H and O–H groups in total. The molecule has 5 aromatic rings. The molecule has 242 valence electrons. The first-order valence-electron chi connectivity index (χ1n) is 15.7. The van der Waals surface area contributed by atoms with Crippen LogP contribution in [-0.4, -0.2) is 37.8 Å². The van der Waals surface area contributed by atoms with Gasteiger partial charge in [-0.15, -0.1) is 10.2 Å². The summed E-state index contributed by atoms with van der Waals surface area (Å²) in [5, 5.41) is 24.5. The molecule has 0 saturated carbocycles. The second-order valence-electron chi connectivity index (χ2n) is 11.7. The highest BCUT2D eigenvalue weighted by atomic mass is 32.2. The minimum absolute atomic E-state index is 0.0000843. The van der Waals surface area contributed by atoms with Crippen molar-refractivity contribution in [2.75, 3.05) is 5.75 Å². The Hall–Kier alpha value is -4.48. The molecule has 1 aliphatic rings. The van der Waals surface area contributed by atoms with E-state index in [-0.39, 0.29) is 30.8 Å². The molecule has 1 aromatic heterocycles. The van der Waals surface area contributed by atoms with Crippen LogP contribution in [0.4, 0.5) is 4.79 Å². The fraction of sp³-hybridized carbons (Fsp3) is 0.270. The van der Waals surface area contributed by atoms with Crippen molar-refractivity contribution >= 4 is 17.8 Å². The molecule has 2 heterocycles. The molecule has 2 amide bonds. The van der Waals surface area contributed by atoms with Gasteiger partial charge in [0.1, 0.15) is 6.33 Å². The molecular formula is C37H39N5O4S. The lowest BCUT2D eigenvalue weighted by Gasteiger charge is -2.41. The van der Waals surface area contributed by atoms with Gasteiger partial charge in [-0.2, -0.15) is 0 Å². The molecule has 47 heavy (non-hydrogen) atoms. The monoisotopic (exact) mass is 649 g/mol. The number of carbonyl (C=O) groups is 1. The lowest BCUT2D eigenvalue weighted by Crippen LogP contribution is -2.38. The number of benzene rings is 4. The molecule has 4 atom stereocenters. The number of thioether (sulfide) groups is 1. The molecule has 1 fully saturated rings. The smallest absolute Gasteiger partial charge is 0.315 e. The first-order chi connectivity index (χ1) is 23.0. The highest BCUT2D eigenvalue weighted by molar-refractivity contribution is 7.99. The Morgan fingerprint density at radius 3 is 2.23 bits per heavy atom. The lowest BCUT2D eigenvalue weighted by molar-refractivity contribution is -0.268. The van der Waals surface area contributed by atoms with Gasteiger partial charge in [0.2, 0.25) is 0 Å². The Balaban J connectivity index is 1.13. The van der Waals surface area contributed by atoms with Crippen LogP contribution in [-0.2, 0) is 36.2 Å². The van der Waals surface area contributed by atoms with Crippen LogP contribution < -0.4 is 10.6 Å². The van der Waals surface area contributed by atoms with Gasteiger partial charge in [-0.05, 0) is 39.4 Å². The van der Waals surface area contributed by atoms with E-state index in [1.807, 2.05) is 78.3 Å². The number of aryl methyl sites for hydroxylation is 1. The topological polar surface area (TPSA) is 111 Å². The largest absolute Gasteiger partial charge is 0.392 e. The van der Waals surface area contributed by atoms with Crippen LogP contribution in [0, 0.1) is 5.92 Å². The predicted molar refractivity (Wildman–Crippen MR) is 182 cm³/mol. The van der Waals surface area contributed by atoms with Crippen LogP contribution in [0.3, 0.4) is 0 Å². The van der Waals surface area contributed by atoms with E-state index in [0.29, 0.717) is 18.8 Å². The summed E-state index contributed by atoms with van der Waals surface area (Å²) in [6.07, 6.45) is 0.840. The van der Waals surface area contributed by atoms with Crippen molar-refractivity contribution in [3.8, 4) is 11.1 Å². The Labute approximate surface area is 279 Å². The molecule has 0 radical (unpaired) electrons. The zero-order chi connectivity index (χ0) is 32.6. The summed E-state index contributed by atoms with van der Waals surface area (Å²) in [5.74, 6) is 0.769. The molecule has 10 heteroatoms. The van der Waals surface area contributed by atoms with Gasteiger partial charge in [-0.25, -0.2) is 4.79 Å². The number of nitrogens with zero attached hydrogens (tertiary/aromatic N) is 3. The second kappa shape index (κ2) is 15.4. The first-order valence-corrected chi connectivity index (χ1v) is 16.7. The number of ether oxygens (including phenoxy) is 2. The summed E-state index contributed by atoms with van der Waals surface area (Å²) in [5.41, 5.74) is 7.01. The molecule has 1 saturated heterocycles. The third-order valence-corrected chi connectivity index (χ3v) is 9.49. The van der Waals surface area contributed by atoms with Crippen LogP contribution >= 0.6 is 11.8 Å². The standard InChI is InChI=1S/C37H39N5O4S/c1-25-33(23-47-37-41-40-24-42(37)2)45-35(46-34(25)30-13-11-27(22-43)12-14-30)31-17-15-29(16-18-31)32-10-6-9-28(19-32)21-39-36(44)38-20-26-7-4-3-5-8-26/h3-19,24-25,33-35,43H,20-23H2,1-2H3,(H2,38,39,44). The number of urea groups is 1. The Bertz CT molecular complexity index is 1750. The maximum Gasteiger partial charge on any atom is 0.315 e. The molecule has 0 spiro atoms. The molecule has 0 aliphatic carbocycles. The fourth-order valence-corrected chi connectivity index (χ4v) is 6.64. The van der Waals surface area contributed by atoms with Gasteiger partial charge >= 0.3 is 6.03 Å². The highest BCUT2D eigenvalue weighted by Gasteiger charge is 2.38. The van der Waals surface area contributed by atoms with Crippen LogP contribution in [0.25, 0.3) is 11.1 Å². The third kappa shape index (κ3) is 8.28. The number of carbonyl (C=O) groups excluding carboxylic acids is 1. The van der Waals surface area contributed by atoms with Gasteiger partial charge in [-0.1, -0.05) is 116 Å². The van der Waals surface area contributed by atoms with E-state index in [0.717, 1.165) is 44.1 Å². The Kier molecular flexibility index (Phi) is 10.6. The Morgan fingerprint density at radius 2 is 1.53 bits per heavy atom. The van der Waals surface area contributed by atoms with Crippen LogP contribution in [0.2, 0.25) is 0 Å². The van der Waals surface area contributed by atoms with Gasteiger partial charge in [0.15, 0.2) is 11.4 Å². The van der Waals surface area contributed by atoms with Crippen molar-refractivity contribution in [2.24, 2.45) is 13.0 Å². The number of hydrogen-bond acceptors (Lipinski definition) is 7. The summed E-state index contributed by atoms with van der Waals surface area (Å²) in [4.78, 5) is 12.4. The summed E-state index contributed by atoms with van der Waals surface area (Å²) < 4.78 is 15.1. The number of aliphatic hydroxyl groups is 1. The van der Waals surface area contributed by atoms with E-state index in [1.165, 1.54) is 0 Å². The molecule has 4 unspecified atom stereocenters. The minimum Gasteiger partial charge on any atom is -0.392 e. The van der Waals surface area contributed by atoms with Gasteiger partial charge < -0.3 is 29.8 Å². The number of rotatable bonds is 11. The summed E-state index contributed by atoms with van der Waals surface area (Å²) in [6.45, 7) is 3.05. The highest BCUT2D eigenvalue weighted by Crippen LogP contribution is 2.43. The average molecular weight is 650 g/mol. The van der Waals surface area contributed by atoms with E-state index >= 15 is 0 Å². The van der Waals surface area contributed by atoms with E-state index in [2.05, 4.69) is 64.2 Å². The number of aliphatic hydroxyl groups excluding tert-OH is 1. The van der Waals surface area contributed by atoms with Crippen molar-refractivity contribution < 1.29 is 19.4 Å². The zero-order valence-electron chi connectivity index (χ0n) is 26.5. The molecule has 4 aromatic carbocycles. The Morgan fingerprint density at radius 1 is 0.830 bits per heavy atom. The van der Waals surface area contributed by atoms with Gasteiger partial charge in [0.25, 0.3) is 0 Å². The lowest BCUT2D eigenvalue weighted by atomic mass is 9.91. The van der Waals surface area contributed by atoms with Crippen molar-refractivity contribution in [1.82, 2.24) is 25.4 Å². The van der Waals surface area contributed by atoms with E-state index in [9.17, 15) is 9.90 Å². The number of hydrogen-bond donors (Lipinski definition) is 3. The number of amides is 2. The van der Waals surface area contributed by atoms with Crippen molar-refractivity contribution in [1.29, 1.82) is 0 Å². The molecule has 9 nitrogen and oxygen atoms in total. The quantitative estimate of drug-likeness (QED) is 0.139. The van der Waals surface area contributed by atoms with E-state index in [4.69, 9.17) is 9.47 Å². The maximum atomic E-state index is 12.4. The number of nitrogens with one attached hydrogen (secondary N) is 2. The van der Waals surface area contributed by atoms with E-state index in [1.54, 1.807) is 18.1 Å². The van der Waals surface area contributed by atoms with Crippen LogP contribution in [0.5, 0.6) is 0 Å². The maximum absolute atomic E-state index is 12.4. The fourth-order valence-electron chi connectivity index (χ4n) is 5.59. The molecule has 6 rings (SSSR count). The zero-order valence-corrected chi connectivity index (χ0v) is 27.3. The molecule has 1 aliphatic heterocycles. The van der Waals surface area contributed by atoms with Gasteiger partial charge in [-0.3, -0.25) is 0 Å². The summed E-state index contributed by atoms with van der Waals surface area (Å²) in [7, 11) is 1.93. The predicted octanol–water partition coefficient (Wildman–Crippen LogP) is 6.56.